The van der Waals surface area contributed by atoms with Gasteiger partial charge in [0.05, 0.1) is 0 Å². The van der Waals surface area contributed by atoms with Crippen LogP contribution < -0.4 is 0 Å². The van der Waals surface area contributed by atoms with E-state index in [1.807, 2.05) is 11.8 Å². The van der Waals surface area contributed by atoms with E-state index in [2.05, 4.69) is 52.2 Å². The van der Waals surface area contributed by atoms with E-state index >= 15 is 0 Å². The highest BCUT2D eigenvalue weighted by atomic mass is 32.2. The van der Waals surface area contributed by atoms with Gasteiger partial charge in [0.25, 0.3) is 0 Å². The molecule has 70 valence electrons. The van der Waals surface area contributed by atoms with E-state index in [0.717, 1.165) is 6.42 Å². The average molecular weight is 184 g/mol. The lowest BCUT2D eigenvalue weighted by Gasteiger charge is -2.20. The van der Waals surface area contributed by atoms with Crippen LogP contribution in [0.15, 0.2) is 23.1 Å². The summed E-state index contributed by atoms with van der Waals surface area (Å²) < 4.78 is 0. The fraction of sp³-hybridized carbons (Fsp3) is 0.636. The van der Waals surface area contributed by atoms with Gasteiger partial charge in [0, 0.05) is 0 Å². The lowest BCUT2D eigenvalue weighted by molar-refractivity contribution is 0.533. The molecule has 0 unspecified atom stereocenters. The summed E-state index contributed by atoms with van der Waals surface area (Å²) in [7, 11) is 0. The third-order valence-electron chi connectivity index (χ3n) is 1.58. The second-order valence-corrected chi connectivity index (χ2v) is 4.67. The van der Waals surface area contributed by atoms with Crippen LogP contribution in [0.25, 0.3) is 0 Å². The Kier molecular flexibility index (Phi) is 5.39. The van der Waals surface area contributed by atoms with Crippen LogP contribution in [0.2, 0.25) is 0 Å². The fourth-order valence-corrected chi connectivity index (χ4v) is 1.74. The maximum Gasteiger partial charge on any atom is -0.00721 e. The maximum atomic E-state index is 2.25. The standard InChI is InChI=1S/C11H20S/c1-6-7-8-9-10(12-5)11(2,3)4/h7-9H,6H2,1-5H3/b8-7-,10-9-. The van der Waals surface area contributed by atoms with Crippen molar-refractivity contribution < 1.29 is 0 Å². The van der Waals surface area contributed by atoms with Gasteiger partial charge in [-0.05, 0) is 23.0 Å². The number of allylic oxidation sites excluding steroid dienone is 4. The number of thioether (sulfide) groups is 1. The van der Waals surface area contributed by atoms with Gasteiger partial charge in [0.15, 0.2) is 0 Å². The molecule has 0 atom stereocenters. The number of hydrogen-bond donors (Lipinski definition) is 0. The monoisotopic (exact) mass is 184 g/mol. The molecule has 0 amide bonds. The van der Waals surface area contributed by atoms with Crippen molar-refractivity contribution in [2.24, 2.45) is 5.41 Å². The average Bonchev–Trinajstić information content (AvgIpc) is 1.95. The van der Waals surface area contributed by atoms with Crippen LogP contribution >= 0.6 is 11.8 Å². The summed E-state index contributed by atoms with van der Waals surface area (Å²) in [6, 6.07) is 0. The number of rotatable bonds is 3. The predicted octanol–water partition coefficient (Wildman–Crippen LogP) is 4.25. The quantitative estimate of drug-likeness (QED) is 0.591. The molecular formula is C11H20S. The van der Waals surface area contributed by atoms with Gasteiger partial charge in [-0.25, -0.2) is 0 Å². The molecule has 0 fully saturated rings. The minimum Gasteiger partial charge on any atom is -0.133 e. The molecule has 0 rings (SSSR count). The molecule has 0 radical (unpaired) electrons. The summed E-state index contributed by atoms with van der Waals surface area (Å²) in [6.07, 6.45) is 9.80. The highest BCUT2D eigenvalue weighted by Crippen LogP contribution is 2.32. The predicted molar refractivity (Wildman–Crippen MR) is 60.5 cm³/mol. The van der Waals surface area contributed by atoms with Crippen LogP contribution in [0.4, 0.5) is 0 Å². The molecule has 0 spiro atoms. The van der Waals surface area contributed by atoms with Gasteiger partial charge in [-0.15, -0.1) is 11.8 Å². The molecule has 12 heavy (non-hydrogen) atoms. The minimum absolute atomic E-state index is 0.289. The molecule has 0 aliphatic carbocycles. The Morgan fingerprint density at radius 1 is 1.33 bits per heavy atom. The highest BCUT2D eigenvalue weighted by Gasteiger charge is 2.14. The van der Waals surface area contributed by atoms with Gasteiger partial charge in [0.1, 0.15) is 0 Å². The fourth-order valence-electron chi connectivity index (χ4n) is 0.916. The van der Waals surface area contributed by atoms with E-state index in [9.17, 15) is 0 Å². The number of hydrogen-bond acceptors (Lipinski definition) is 1. The van der Waals surface area contributed by atoms with Gasteiger partial charge in [-0.1, -0.05) is 45.9 Å². The van der Waals surface area contributed by atoms with Crippen LogP contribution in [0.1, 0.15) is 34.1 Å². The van der Waals surface area contributed by atoms with Gasteiger partial charge >= 0.3 is 0 Å². The first-order chi connectivity index (χ1) is 5.52. The normalized spacial score (nSPS) is 14.2. The summed E-state index contributed by atoms with van der Waals surface area (Å²) >= 11 is 1.84. The SMILES string of the molecule is CC/C=C\C=C(/SC)C(C)(C)C. The van der Waals surface area contributed by atoms with Crippen molar-refractivity contribution in [2.75, 3.05) is 6.26 Å². The summed E-state index contributed by atoms with van der Waals surface area (Å²) in [5.41, 5.74) is 0.289. The Morgan fingerprint density at radius 2 is 1.92 bits per heavy atom. The van der Waals surface area contributed by atoms with E-state index in [1.165, 1.54) is 4.91 Å². The van der Waals surface area contributed by atoms with Crippen molar-refractivity contribution in [2.45, 2.75) is 34.1 Å². The smallest absolute Gasteiger partial charge is 0.00721 e. The van der Waals surface area contributed by atoms with E-state index in [-0.39, 0.29) is 5.41 Å². The molecule has 0 bridgehead atoms. The molecule has 0 aliphatic rings. The molecule has 0 nitrogen and oxygen atoms in total. The second-order valence-electron chi connectivity index (χ2n) is 3.82. The van der Waals surface area contributed by atoms with E-state index < -0.39 is 0 Å². The molecule has 0 aromatic carbocycles. The van der Waals surface area contributed by atoms with Crippen LogP contribution in [-0.4, -0.2) is 6.26 Å². The minimum atomic E-state index is 0.289. The zero-order chi connectivity index (χ0) is 9.61. The van der Waals surface area contributed by atoms with E-state index in [0.29, 0.717) is 0 Å². The van der Waals surface area contributed by atoms with E-state index in [4.69, 9.17) is 0 Å². The van der Waals surface area contributed by atoms with Crippen molar-refractivity contribution in [3.8, 4) is 0 Å². The van der Waals surface area contributed by atoms with E-state index in [1.54, 1.807) is 0 Å². The van der Waals surface area contributed by atoms with Crippen molar-refractivity contribution in [3.05, 3.63) is 23.1 Å². The summed E-state index contributed by atoms with van der Waals surface area (Å²) in [4.78, 5) is 1.44. The summed E-state index contributed by atoms with van der Waals surface area (Å²) in [5, 5.41) is 0. The largest absolute Gasteiger partial charge is 0.133 e. The van der Waals surface area contributed by atoms with Gasteiger partial charge < -0.3 is 0 Å². The van der Waals surface area contributed by atoms with Crippen LogP contribution in [0.5, 0.6) is 0 Å². The first kappa shape index (κ1) is 11.8. The molecular weight excluding hydrogens is 164 g/mol. The molecule has 0 aliphatic heterocycles. The second kappa shape index (κ2) is 5.47. The zero-order valence-corrected chi connectivity index (χ0v) is 9.66. The summed E-state index contributed by atoms with van der Waals surface area (Å²) in [6.45, 7) is 8.89. The molecule has 0 saturated heterocycles. The zero-order valence-electron chi connectivity index (χ0n) is 8.85. The lowest BCUT2D eigenvalue weighted by Crippen LogP contribution is -2.05. The molecule has 1 heteroatoms. The molecule has 0 N–H and O–H groups in total. The van der Waals surface area contributed by atoms with Crippen LogP contribution in [0, 0.1) is 5.41 Å². The van der Waals surface area contributed by atoms with Gasteiger partial charge in [0.2, 0.25) is 0 Å². The third kappa shape index (κ3) is 4.66. The first-order valence-corrected chi connectivity index (χ1v) is 5.66. The Hall–Kier alpha value is -0.170. The third-order valence-corrected chi connectivity index (χ3v) is 2.77. The lowest BCUT2D eigenvalue weighted by atomic mass is 9.96. The van der Waals surface area contributed by atoms with Crippen LogP contribution in [0.3, 0.4) is 0 Å². The topological polar surface area (TPSA) is 0 Å². The Labute approximate surface area is 81.1 Å². The Morgan fingerprint density at radius 3 is 2.25 bits per heavy atom. The molecule has 0 aromatic heterocycles. The molecule has 0 saturated carbocycles. The van der Waals surface area contributed by atoms with Gasteiger partial charge in [-0.3, -0.25) is 0 Å². The van der Waals surface area contributed by atoms with Crippen molar-refractivity contribution in [1.29, 1.82) is 0 Å². The molecule has 0 aromatic rings. The Bertz CT molecular complexity index is 170. The first-order valence-electron chi connectivity index (χ1n) is 4.43. The summed E-state index contributed by atoms with van der Waals surface area (Å²) in [5.74, 6) is 0. The molecule has 0 heterocycles. The Balaban J connectivity index is 4.34. The highest BCUT2D eigenvalue weighted by molar-refractivity contribution is 8.02. The maximum absolute atomic E-state index is 2.25. The van der Waals surface area contributed by atoms with Gasteiger partial charge in [-0.2, -0.15) is 0 Å². The van der Waals surface area contributed by atoms with Crippen LogP contribution in [-0.2, 0) is 0 Å². The van der Waals surface area contributed by atoms with Crippen molar-refractivity contribution >= 4 is 11.8 Å². The van der Waals surface area contributed by atoms with Crippen molar-refractivity contribution in [1.82, 2.24) is 0 Å². The van der Waals surface area contributed by atoms with Crippen molar-refractivity contribution in [3.63, 3.8) is 0 Å².